The van der Waals surface area contributed by atoms with Gasteiger partial charge in [0.1, 0.15) is 5.76 Å². The molecule has 0 radical (unpaired) electrons. The van der Waals surface area contributed by atoms with E-state index in [1.54, 1.807) is 11.8 Å². The van der Waals surface area contributed by atoms with Crippen LogP contribution in [-0.4, -0.2) is 27.1 Å². The number of aryl methyl sites for hydroxylation is 2. The average Bonchev–Trinajstić information content (AvgIpc) is 3.30. The van der Waals surface area contributed by atoms with Gasteiger partial charge in [-0.3, -0.25) is 9.48 Å². The molecule has 0 fully saturated rings. The normalized spacial score (nSPS) is 15.8. The van der Waals surface area contributed by atoms with E-state index in [0.717, 1.165) is 54.1 Å². The van der Waals surface area contributed by atoms with E-state index in [0.29, 0.717) is 18.2 Å². The van der Waals surface area contributed by atoms with E-state index in [4.69, 9.17) is 4.52 Å². The van der Waals surface area contributed by atoms with Crippen LogP contribution in [0.2, 0.25) is 0 Å². The minimum atomic E-state index is -0.216. The summed E-state index contributed by atoms with van der Waals surface area (Å²) in [6.07, 6.45) is 6.00. The summed E-state index contributed by atoms with van der Waals surface area (Å²) in [5.74, 6) is 1.24. The molecule has 0 saturated heterocycles. The fourth-order valence-corrected chi connectivity index (χ4v) is 4.52. The number of hydrogen-bond donors (Lipinski definition) is 1. The van der Waals surface area contributed by atoms with Crippen molar-refractivity contribution >= 4 is 23.4 Å². The molecule has 0 aliphatic heterocycles. The zero-order valence-electron chi connectivity index (χ0n) is 18.0. The van der Waals surface area contributed by atoms with Crippen molar-refractivity contribution in [3.8, 4) is 0 Å². The van der Waals surface area contributed by atoms with Crippen molar-refractivity contribution in [3.05, 3.63) is 58.2 Å². The van der Waals surface area contributed by atoms with Crippen LogP contribution in [-0.2, 0) is 19.4 Å². The van der Waals surface area contributed by atoms with Crippen LogP contribution < -0.4 is 5.32 Å². The molecule has 1 unspecified atom stereocenters. The van der Waals surface area contributed by atoms with Crippen LogP contribution in [0.4, 0.5) is 5.69 Å². The molecule has 30 heavy (non-hydrogen) atoms. The topological polar surface area (TPSA) is 73.0 Å². The fraction of sp³-hybridized carbons (Fsp3) is 0.435. The van der Waals surface area contributed by atoms with E-state index in [9.17, 15) is 4.79 Å². The summed E-state index contributed by atoms with van der Waals surface area (Å²) in [5.41, 5.74) is 5.04. The fourth-order valence-electron chi connectivity index (χ4n) is 4.11. The van der Waals surface area contributed by atoms with E-state index in [1.165, 1.54) is 10.5 Å². The first-order valence-corrected chi connectivity index (χ1v) is 11.7. The molecule has 4 rings (SSSR count). The third-order valence-electron chi connectivity index (χ3n) is 6.05. The van der Waals surface area contributed by atoms with Crippen molar-refractivity contribution in [1.29, 1.82) is 0 Å². The first-order valence-electron chi connectivity index (χ1n) is 10.5. The molecule has 7 heteroatoms. The third kappa shape index (κ3) is 4.03. The van der Waals surface area contributed by atoms with Crippen LogP contribution in [0.1, 0.15) is 58.5 Å². The van der Waals surface area contributed by atoms with Gasteiger partial charge >= 0.3 is 0 Å². The smallest absolute Gasteiger partial charge is 0.278 e. The highest BCUT2D eigenvalue weighted by atomic mass is 32.2. The molecule has 1 N–H and O–H groups in total. The Hall–Kier alpha value is -2.54. The van der Waals surface area contributed by atoms with Crippen molar-refractivity contribution in [1.82, 2.24) is 14.9 Å². The van der Waals surface area contributed by atoms with Gasteiger partial charge in [-0.2, -0.15) is 5.10 Å². The van der Waals surface area contributed by atoms with Crippen molar-refractivity contribution in [2.24, 2.45) is 5.92 Å². The minimum Gasteiger partial charge on any atom is -0.360 e. The van der Waals surface area contributed by atoms with Gasteiger partial charge in [-0.05, 0) is 56.6 Å². The van der Waals surface area contributed by atoms with Crippen LogP contribution in [0, 0.1) is 19.8 Å². The number of benzene rings is 1. The predicted octanol–water partition coefficient (Wildman–Crippen LogP) is 5.03. The Balaban J connectivity index is 1.53. The molecule has 1 aromatic carbocycles. The Labute approximate surface area is 181 Å². The molecule has 0 bridgehead atoms. The van der Waals surface area contributed by atoms with Gasteiger partial charge in [-0.15, -0.1) is 11.8 Å². The van der Waals surface area contributed by atoms with Crippen molar-refractivity contribution in [2.45, 2.75) is 57.9 Å². The lowest BCUT2D eigenvalue weighted by Crippen LogP contribution is -2.19. The van der Waals surface area contributed by atoms with Gasteiger partial charge in [0.05, 0.1) is 23.6 Å². The van der Waals surface area contributed by atoms with Crippen molar-refractivity contribution in [3.63, 3.8) is 0 Å². The van der Waals surface area contributed by atoms with Gasteiger partial charge in [-0.1, -0.05) is 30.6 Å². The quantitative estimate of drug-likeness (QED) is 0.562. The largest absolute Gasteiger partial charge is 0.360 e. The number of anilines is 1. The van der Waals surface area contributed by atoms with Gasteiger partial charge in [0.15, 0.2) is 5.69 Å². The molecule has 1 aliphatic rings. The first-order chi connectivity index (χ1) is 14.5. The second kappa shape index (κ2) is 8.68. The summed E-state index contributed by atoms with van der Waals surface area (Å²) < 4.78 is 7.40. The average molecular weight is 425 g/mol. The highest BCUT2D eigenvalue weighted by Gasteiger charge is 2.28. The molecule has 3 aromatic rings. The van der Waals surface area contributed by atoms with Gasteiger partial charge in [-0.25, -0.2) is 0 Å². The molecule has 158 valence electrons. The third-order valence-corrected chi connectivity index (χ3v) is 6.79. The Morgan fingerprint density at radius 1 is 1.30 bits per heavy atom. The summed E-state index contributed by atoms with van der Waals surface area (Å²) in [5, 5.41) is 11.8. The number of hydrogen-bond acceptors (Lipinski definition) is 5. The Kier molecular flexibility index (Phi) is 5.99. The molecule has 2 heterocycles. The Morgan fingerprint density at radius 2 is 2.07 bits per heavy atom. The molecule has 1 atom stereocenters. The van der Waals surface area contributed by atoms with E-state index < -0.39 is 0 Å². The highest BCUT2D eigenvalue weighted by Crippen LogP contribution is 2.30. The van der Waals surface area contributed by atoms with Crippen LogP contribution >= 0.6 is 11.8 Å². The van der Waals surface area contributed by atoms with Crippen LogP contribution in [0.5, 0.6) is 0 Å². The number of fused-ring (bicyclic) bond motifs is 1. The minimum absolute atomic E-state index is 0.216. The van der Waals surface area contributed by atoms with E-state index in [2.05, 4.69) is 53.0 Å². The monoisotopic (exact) mass is 424 g/mol. The van der Waals surface area contributed by atoms with E-state index in [-0.39, 0.29) is 5.91 Å². The maximum atomic E-state index is 13.0. The highest BCUT2D eigenvalue weighted by molar-refractivity contribution is 7.98. The SMILES string of the molecule is CCC1CCc2onc(C(=O)Nc3c(C)nn(Cc4ccc(SC)cc4)c3C)c2C1. The standard InChI is InChI=1S/C23H28N4O2S/c1-5-16-8-11-20-19(12-16)22(26-29-20)23(28)24-21-14(2)25-27(15(21)3)13-17-6-9-18(30-4)10-7-17/h6-7,9-10,16H,5,8,11-13H2,1-4H3,(H,24,28). The Morgan fingerprint density at radius 3 is 2.77 bits per heavy atom. The van der Waals surface area contributed by atoms with Crippen molar-refractivity contribution in [2.75, 3.05) is 11.6 Å². The van der Waals surface area contributed by atoms with E-state index >= 15 is 0 Å². The molecule has 2 aromatic heterocycles. The molecule has 0 saturated carbocycles. The maximum Gasteiger partial charge on any atom is 0.278 e. The lowest BCUT2D eigenvalue weighted by molar-refractivity contribution is 0.101. The summed E-state index contributed by atoms with van der Waals surface area (Å²) >= 11 is 1.73. The summed E-state index contributed by atoms with van der Waals surface area (Å²) in [6, 6.07) is 8.47. The maximum absolute atomic E-state index is 13.0. The lowest BCUT2D eigenvalue weighted by Gasteiger charge is -2.19. The Bertz CT molecular complexity index is 1050. The number of carbonyl (C=O) groups excluding carboxylic acids is 1. The van der Waals surface area contributed by atoms with Gasteiger partial charge < -0.3 is 9.84 Å². The molecular formula is C23H28N4O2S. The molecule has 1 aliphatic carbocycles. The van der Waals surface area contributed by atoms with Crippen molar-refractivity contribution < 1.29 is 9.32 Å². The zero-order chi connectivity index (χ0) is 21.3. The van der Waals surface area contributed by atoms with Crippen LogP contribution in [0.15, 0.2) is 33.7 Å². The lowest BCUT2D eigenvalue weighted by atomic mass is 9.85. The van der Waals surface area contributed by atoms with Crippen LogP contribution in [0.3, 0.4) is 0 Å². The summed E-state index contributed by atoms with van der Waals surface area (Å²) in [4.78, 5) is 14.2. The number of rotatable bonds is 6. The van der Waals surface area contributed by atoms with E-state index in [1.807, 2.05) is 18.5 Å². The number of nitrogens with zero attached hydrogens (tertiary/aromatic N) is 3. The molecule has 6 nitrogen and oxygen atoms in total. The second-order valence-corrected chi connectivity index (χ2v) is 8.84. The van der Waals surface area contributed by atoms with Gasteiger partial charge in [0.25, 0.3) is 5.91 Å². The molecule has 0 spiro atoms. The predicted molar refractivity (Wildman–Crippen MR) is 119 cm³/mol. The van der Waals surface area contributed by atoms with Gasteiger partial charge in [0, 0.05) is 16.9 Å². The number of nitrogens with one attached hydrogen (secondary N) is 1. The van der Waals surface area contributed by atoms with Gasteiger partial charge in [0.2, 0.25) is 0 Å². The molecular weight excluding hydrogens is 396 g/mol. The first kappa shape index (κ1) is 20.7. The number of amides is 1. The number of thioether (sulfide) groups is 1. The molecule has 1 amide bonds. The van der Waals surface area contributed by atoms with Crippen LogP contribution in [0.25, 0.3) is 0 Å². The second-order valence-electron chi connectivity index (χ2n) is 7.96. The number of aromatic nitrogens is 3. The zero-order valence-corrected chi connectivity index (χ0v) is 18.8. The summed E-state index contributed by atoms with van der Waals surface area (Å²) in [7, 11) is 0. The summed E-state index contributed by atoms with van der Waals surface area (Å²) in [6.45, 7) is 6.76. The number of carbonyl (C=O) groups is 1.